The zero-order valence-corrected chi connectivity index (χ0v) is 10.8. The van der Waals surface area contributed by atoms with Crippen molar-refractivity contribution in [3.05, 3.63) is 27.7 Å². The van der Waals surface area contributed by atoms with Crippen LogP contribution in [0.3, 0.4) is 0 Å². The summed E-state index contributed by atoms with van der Waals surface area (Å²) in [6, 6.07) is 1.65. The van der Waals surface area contributed by atoms with Crippen LogP contribution >= 0.6 is 35.6 Å². The van der Waals surface area contributed by atoms with Crippen molar-refractivity contribution in [1.82, 2.24) is 0 Å². The monoisotopic (exact) mass is 308 g/mol. The van der Waals surface area contributed by atoms with E-state index in [0.29, 0.717) is 13.1 Å². The Kier molecular flexibility index (Phi) is 6.40. The van der Waals surface area contributed by atoms with Crippen LogP contribution in [0.2, 0.25) is 10.0 Å². The van der Waals surface area contributed by atoms with Crippen LogP contribution < -0.4 is 11.1 Å². The Labute approximate surface area is 113 Å². The number of nitrogens with two attached hydrogens (primary N) is 1. The van der Waals surface area contributed by atoms with E-state index in [9.17, 15) is 13.2 Å². The molecule has 2 nitrogen and oxygen atoms in total. The molecule has 1 aromatic rings. The van der Waals surface area contributed by atoms with Gasteiger partial charge in [0.25, 0.3) is 0 Å². The summed E-state index contributed by atoms with van der Waals surface area (Å²) in [5.41, 5.74) is 4.64. The van der Waals surface area contributed by atoms with Crippen LogP contribution in [-0.2, 0) is 6.18 Å². The number of hydrogen-bond donors (Lipinski definition) is 2. The van der Waals surface area contributed by atoms with E-state index in [0.717, 1.165) is 12.1 Å². The lowest BCUT2D eigenvalue weighted by molar-refractivity contribution is -0.137. The number of benzene rings is 1. The van der Waals surface area contributed by atoms with Crippen molar-refractivity contribution in [2.24, 2.45) is 5.73 Å². The van der Waals surface area contributed by atoms with Crippen LogP contribution in [0.5, 0.6) is 0 Å². The summed E-state index contributed by atoms with van der Waals surface area (Å²) in [5, 5.41) is 2.60. The molecule has 0 fully saturated rings. The Hall–Kier alpha value is -0.360. The lowest BCUT2D eigenvalue weighted by atomic mass is 10.2. The molecule has 98 valence electrons. The predicted octanol–water partition coefficient (Wildman–Crippen LogP) is 3.80. The van der Waals surface area contributed by atoms with E-state index in [1.54, 1.807) is 0 Å². The van der Waals surface area contributed by atoms with Gasteiger partial charge < -0.3 is 11.1 Å². The minimum absolute atomic E-state index is 0. The van der Waals surface area contributed by atoms with Gasteiger partial charge in [0.1, 0.15) is 0 Å². The van der Waals surface area contributed by atoms with Gasteiger partial charge in [-0.15, -0.1) is 12.4 Å². The maximum absolute atomic E-state index is 12.4. The first-order valence-corrected chi connectivity index (χ1v) is 5.12. The maximum Gasteiger partial charge on any atom is 0.416 e. The number of halogens is 6. The molecule has 0 heterocycles. The molecule has 1 aromatic carbocycles. The van der Waals surface area contributed by atoms with Gasteiger partial charge in [0, 0.05) is 13.1 Å². The van der Waals surface area contributed by atoms with Crippen LogP contribution in [-0.4, -0.2) is 13.1 Å². The molecule has 0 bridgehead atoms. The smallest absolute Gasteiger partial charge is 0.381 e. The molecule has 0 unspecified atom stereocenters. The third kappa shape index (κ3) is 4.43. The lowest BCUT2D eigenvalue weighted by Gasteiger charge is -2.13. The number of anilines is 1. The van der Waals surface area contributed by atoms with Crippen molar-refractivity contribution in [1.29, 1.82) is 0 Å². The fraction of sp³-hybridized carbons (Fsp3) is 0.333. The molecule has 8 heteroatoms. The van der Waals surface area contributed by atoms with Gasteiger partial charge in [-0.1, -0.05) is 23.2 Å². The van der Waals surface area contributed by atoms with E-state index in [2.05, 4.69) is 5.32 Å². The Morgan fingerprint density at radius 2 is 1.65 bits per heavy atom. The van der Waals surface area contributed by atoms with Crippen molar-refractivity contribution in [3.63, 3.8) is 0 Å². The summed E-state index contributed by atoms with van der Waals surface area (Å²) in [5.74, 6) is 0. The second-order valence-corrected chi connectivity index (χ2v) is 3.84. The molecular formula is C9H10Cl3F3N2. The highest BCUT2D eigenvalue weighted by Crippen LogP contribution is 2.38. The molecule has 1 rings (SSSR count). The first-order valence-electron chi connectivity index (χ1n) is 4.36. The molecule has 17 heavy (non-hydrogen) atoms. The minimum atomic E-state index is -4.46. The average Bonchev–Trinajstić information content (AvgIpc) is 2.15. The van der Waals surface area contributed by atoms with Crippen LogP contribution in [0, 0.1) is 0 Å². The Morgan fingerprint density at radius 3 is 2.00 bits per heavy atom. The fourth-order valence-electron chi connectivity index (χ4n) is 1.10. The topological polar surface area (TPSA) is 38.0 Å². The van der Waals surface area contributed by atoms with Gasteiger partial charge in [-0.05, 0) is 12.1 Å². The van der Waals surface area contributed by atoms with E-state index in [-0.39, 0.29) is 28.1 Å². The van der Waals surface area contributed by atoms with Gasteiger partial charge in [-0.2, -0.15) is 13.2 Å². The largest absolute Gasteiger partial charge is 0.416 e. The summed E-state index contributed by atoms with van der Waals surface area (Å²) < 4.78 is 37.1. The van der Waals surface area contributed by atoms with Crippen molar-refractivity contribution in [2.45, 2.75) is 6.18 Å². The van der Waals surface area contributed by atoms with E-state index >= 15 is 0 Å². The number of nitrogens with one attached hydrogen (secondary N) is 1. The first kappa shape index (κ1) is 16.6. The van der Waals surface area contributed by atoms with Crippen molar-refractivity contribution < 1.29 is 13.2 Å². The quantitative estimate of drug-likeness (QED) is 0.891. The summed E-state index contributed by atoms with van der Waals surface area (Å²) >= 11 is 11.4. The van der Waals surface area contributed by atoms with Crippen LogP contribution in [0.15, 0.2) is 12.1 Å². The molecular weight excluding hydrogens is 299 g/mol. The Balaban J connectivity index is 0.00000256. The fourth-order valence-corrected chi connectivity index (χ4v) is 1.72. The molecule has 0 saturated carbocycles. The van der Waals surface area contributed by atoms with Gasteiger partial charge in [0.2, 0.25) is 0 Å². The first-order chi connectivity index (χ1) is 7.36. The number of hydrogen-bond acceptors (Lipinski definition) is 2. The molecule has 0 aliphatic carbocycles. The summed E-state index contributed by atoms with van der Waals surface area (Å²) in [4.78, 5) is 0. The molecule has 0 saturated heterocycles. The second-order valence-electron chi connectivity index (χ2n) is 3.03. The molecule has 3 N–H and O–H groups in total. The average molecular weight is 310 g/mol. The molecule has 0 atom stereocenters. The van der Waals surface area contributed by atoms with Gasteiger partial charge in [0.15, 0.2) is 0 Å². The van der Waals surface area contributed by atoms with Crippen molar-refractivity contribution in [2.75, 3.05) is 18.4 Å². The maximum atomic E-state index is 12.4. The van der Waals surface area contributed by atoms with E-state index in [1.807, 2.05) is 0 Å². The third-order valence-corrected chi connectivity index (χ3v) is 2.41. The Morgan fingerprint density at radius 1 is 1.18 bits per heavy atom. The standard InChI is InChI=1S/C9H9Cl2F3N2.ClH/c10-6-3-5(9(12,13)14)4-7(11)8(6)16-2-1-15;/h3-4,16H,1-2,15H2;1H. The molecule has 0 aliphatic rings. The summed E-state index contributed by atoms with van der Waals surface area (Å²) in [7, 11) is 0. The van der Waals surface area contributed by atoms with Gasteiger partial charge >= 0.3 is 6.18 Å². The normalized spacial score (nSPS) is 10.9. The van der Waals surface area contributed by atoms with Gasteiger partial charge in [-0.25, -0.2) is 0 Å². The number of rotatable bonds is 3. The highest BCUT2D eigenvalue weighted by molar-refractivity contribution is 6.39. The third-order valence-electron chi connectivity index (χ3n) is 1.82. The van der Waals surface area contributed by atoms with Gasteiger partial charge in [-0.3, -0.25) is 0 Å². The highest BCUT2D eigenvalue weighted by Gasteiger charge is 2.31. The van der Waals surface area contributed by atoms with E-state index in [4.69, 9.17) is 28.9 Å². The molecule has 0 aromatic heterocycles. The zero-order chi connectivity index (χ0) is 12.3. The van der Waals surface area contributed by atoms with Crippen LogP contribution in [0.1, 0.15) is 5.56 Å². The minimum Gasteiger partial charge on any atom is -0.381 e. The van der Waals surface area contributed by atoms with Gasteiger partial charge in [0.05, 0.1) is 21.3 Å². The zero-order valence-electron chi connectivity index (χ0n) is 8.44. The van der Waals surface area contributed by atoms with E-state index < -0.39 is 11.7 Å². The molecule has 0 aliphatic heterocycles. The number of alkyl halides is 3. The van der Waals surface area contributed by atoms with Crippen molar-refractivity contribution >= 4 is 41.3 Å². The summed E-state index contributed by atoms with van der Waals surface area (Å²) in [6.07, 6.45) is -4.46. The van der Waals surface area contributed by atoms with Crippen LogP contribution in [0.4, 0.5) is 18.9 Å². The van der Waals surface area contributed by atoms with Crippen molar-refractivity contribution in [3.8, 4) is 0 Å². The molecule has 0 amide bonds. The lowest BCUT2D eigenvalue weighted by Crippen LogP contribution is -2.14. The second kappa shape index (κ2) is 6.54. The van der Waals surface area contributed by atoms with Crippen LogP contribution in [0.25, 0.3) is 0 Å². The van der Waals surface area contributed by atoms with E-state index in [1.165, 1.54) is 0 Å². The predicted molar refractivity (Wildman–Crippen MR) is 66.3 cm³/mol. The molecule has 0 radical (unpaired) electrons. The molecule has 0 spiro atoms. The Bertz CT molecular complexity index is 359. The highest BCUT2D eigenvalue weighted by atomic mass is 35.5. The summed E-state index contributed by atoms with van der Waals surface area (Å²) in [6.45, 7) is 0.707. The SMILES string of the molecule is Cl.NCCNc1c(Cl)cc(C(F)(F)F)cc1Cl.